The molecule has 0 aliphatic heterocycles. The smallest absolute Gasteiger partial charge is 0.191 e. The first kappa shape index (κ1) is 25.2. The SMILES string of the molecule is CN=C(NCCCCN(C)C(C)C)NC(C)Cc1c(C)nn(C)c1C.I. The molecule has 1 heterocycles. The van der Waals surface area contributed by atoms with Gasteiger partial charge in [-0.3, -0.25) is 9.67 Å². The van der Waals surface area contributed by atoms with Crippen molar-refractivity contribution in [2.45, 2.75) is 66.0 Å². The molecule has 0 saturated carbocycles. The number of nitrogens with zero attached hydrogens (tertiary/aromatic N) is 4. The van der Waals surface area contributed by atoms with E-state index in [1.165, 1.54) is 17.7 Å². The largest absolute Gasteiger partial charge is 0.356 e. The second-order valence-electron chi connectivity index (χ2n) is 7.30. The zero-order valence-electron chi connectivity index (χ0n) is 17.9. The van der Waals surface area contributed by atoms with Gasteiger partial charge in [0.1, 0.15) is 0 Å². The van der Waals surface area contributed by atoms with E-state index in [9.17, 15) is 0 Å². The standard InChI is InChI=1S/C19H38N6.HI/c1-14(2)24(7)12-10-9-11-21-19(20-6)22-15(3)13-18-16(4)23-25(8)17(18)5;/h14-15H,9-13H2,1-8H3,(H2,20,21,22);1H. The van der Waals surface area contributed by atoms with Crippen LogP contribution >= 0.6 is 24.0 Å². The fraction of sp³-hybridized carbons (Fsp3) is 0.789. The van der Waals surface area contributed by atoms with Gasteiger partial charge in [-0.05, 0) is 73.0 Å². The summed E-state index contributed by atoms with van der Waals surface area (Å²) in [4.78, 5) is 6.73. The van der Waals surface area contributed by atoms with Crippen LogP contribution in [0, 0.1) is 13.8 Å². The molecule has 2 N–H and O–H groups in total. The summed E-state index contributed by atoms with van der Waals surface area (Å²) in [6.07, 6.45) is 3.29. The molecule has 152 valence electrons. The second-order valence-corrected chi connectivity index (χ2v) is 7.30. The summed E-state index contributed by atoms with van der Waals surface area (Å²) >= 11 is 0. The molecule has 26 heavy (non-hydrogen) atoms. The third kappa shape index (κ3) is 8.24. The lowest BCUT2D eigenvalue weighted by Gasteiger charge is -2.21. The van der Waals surface area contributed by atoms with Gasteiger partial charge in [0.05, 0.1) is 5.69 Å². The Morgan fingerprint density at radius 1 is 1.23 bits per heavy atom. The Morgan fingerprint density at radius 3 is 2.38 bits per heavy atom. The van der Waals surface area contributed by atoms with Crippen molar-refractivity contribution in [3.63, 3.8) is 0 Å². The Bertz CT molecular complexity index is 552. The molecule has 0 fully saturated rings. The topological polar surface area (TPSA) is 57.5 Å². The van der Waals surface area contributed by atoms with Gasteiger partial charge in [-0.2, -0.15) is 5.10 Å². The summed E-state index contributed by atoms with van der Waals surface area (Å²) in [5, 5.41) is 11.4. The Hall–Kier alpha value is -0.830. The molecule has 1 rings (SSSR count). The van der Waals surface area contributed by atoms with Crippen molar-refractivity contribution in [3.05, 3.63) is 17.0 Å². The number of guanidine groups is 1. The zero-order chi connectivity index (χ0) is 19.0. The van der Waals surface area contributed by atoms with Gasteiger partial charge in [0.2, 0.25) is 0 Å². The number of unbranched alkanes of at least 4 members (excludes halogenated alkanes) is 1. The summed E-state index contributed by atoms with van der Waals surface area (Å²) in [7, 11) is 6.01. The predicted molar refractivity (Wildman–Crippen MR) is 123 cm³/mol. The van der Waals surface area contributed by atoms with Gasteiger partial charge in [0, 0.05) is 38.4 Å². The van der Waals surface area contributed by atoms with Crippen LogP contribution in [0.25, 0.3) is 0 Å². The molecule has 0 aromatic carbocycles. The van der Waals surface area contributed by atoms with Crippen LogP contribution in [0.1, 0.15) is 50.6 Å². The maximum atomic E-state index is 4.50. The molecule has 6 nitrogen and oxygen atoms in total. The third-order valence-corrected chi connectivity index (χ3v) is 4.89. The summed E-state index contributed by atoms with van der Waals surface area (Å²) in [5.74, 6) is 0.879. The summed E-state index contributed by atoms with van der Waals surface area (Å²) in [5.41, 5.74) is 3.68. The number of aliphatic imine (C=N–C) groups is 1. The maximum absolute atomic E-state index is 4.50. The zero-order valence-corrected chi connectivity index (χ0v) is 20.2. The monoisotopic (exact) mass is 478 g/mol. The summed E-state index contributed by atoms with van der Waals surface area (Å²) in [6, 6.07) is 0.919. The van der Waals surface area contributed by atoms with Crippen LogP contribution in [0.15, 0.2) is 4.99 Å². The minimum absolute atomic E-state index is 0. The molecule has 0 amide bonds. The average molecular weight is 478 g/mol. The van der Waals surface area contributed by atoms with E-state index >= 15 is 0 Å². The van der Waals surface area contributed by atoms with Gasteiger partial charge >= 0.3 is 0 Å². The summed E-state index contributed by atoms with van der Waals surface area (Å²) in [6.45, 7) is 13.0. The minimum Gasteiger partial charge on any atom is -0.356 e. The Balaban J connectivity index is 0.00000625. The van der Waals surface area contributed by atoms with Crippen LogP contribution in [0.5, 0.6) is 0 Å². The number of halogens is 1. The van der Waals surface area contributed by atoms with Crippen LogP contribution in [0.2, 0.25) is 0 Å². The molecule has 0 saturated heterocycles. The molecule has 1 unspecified atom stereocenters. The van der Waals surface area contributed by atoms with Gasteiger partial charge < -0.3 is 15.5 Å². The molecule has 7 heteroatoms. The lowest BCUT2D eigenvalue weighted by Crippen LogP contribution is -2.43. The highest BCUT2D eigenvalue weighted by molar-refractivity contribution is 14.0. The number of hydrogen-bond donors (Lipinski definition) is 2. The number of aromatic nitrogens is 2. The van der Waals surface area contributed by atoms with E-state index in [1.54, 1.807) is 0 Å². The van der Waals surface area contributed by atoms with E-state index in [1.807, 2.05) is 18.8 Å². The Kier molecular flexibility index (Phi) is 12.1. The van der Waals surface area contributed by atoms with Crippen LogP contribution in [0.3, 0.4) is 0 Å². The predicted octanol–water partition coefficient (Wildman–Crippen LogP) is 2.87. The molecule has 0 aliphatic carbocycles. The lowest BCUT2D eigenvalue weighted by atomic mass is 10.1. The highest BCUT2D eigenvalue weighted by atomic mass is 127. The first-order chi connectivity index (χ1) is 11.8. The normalized spacial score (nSPS) is 13.1. The Morgan fingerprint density at radius 2 is 1.88 bits per heavy atom. The van der Waals surface area contributed by atoms with Crippen LogP contribution < -0.4 is 10.6 Å². The van der Waals surface area contributed by atoms with E-state index in [0.29, 0.717) is 12.1 Å². The van der Waals surface area contributed by atoms with Crippen LogP contribution in [0.4, 0.5) is 0 Å². The molecular formula is C19H39IN6. The Labute approximate surface area is 177 Å². The first-order valence-corrected chi connectivity index (χ1v) is 9.42. The second kappa shape index (κ2) is 12.5. The lowest BCUT2D eigenvalue weighted by molar-refractivity contribution is 0.268. The molecule has 1 aromatic rings. The maximum Gasteiger partial charge on any atom is 0.191 e. The quantitative estimate of drug-likeness (QED) is 0.248. The highest BCUT2D eigenvalue weighted by Crippen LogP contribution is 2.14. The fourth-order valence-electron chi connectivity index (χ4n) is 2.85. The summed E-state index contributed by atoms with van der Waals surface area (Å²) < 4.78 is 1.96. The number of nitrogens with one attached hydrogen (secondary N) is 2. The average Bonchev–Trinajstić information content (AvgIpc) is 2.79. The molecular weight excluding hydrogens is 439 g/mol. The van der Waals surface area contributed by atoms with Crippen molar-refractivity contribution < 1.29 is 0 Å². The van der Waals surface area contributed by atoms with E-state index in [-0.39, 0.29) is 24.0 Å². The van der Waals surface area contributed by atoms with E-state index in [2.05, 4.69) is 67.3 Å². The highest BCUT2D eigenvalue weighted by Gasteiger charge is 2.13. The van der Waals surface area contributed by atoms with Gasteiger partial charge in [0.15, 0.2) is 5.96 Å². The van der Waals surface area contributed by atoms with Gasteiger partial charge in [-0.25, -0.2) is 0 Å². The van der Waals surface area contributed by atoms with Crippen molar-refractivity contribution in [1.82, 2.24) is 25.3 Å². The van der Waals surface area contributed by atoms with Gasteiger partial charge in [0.25, 0.3) is 0 Å². The van der Waals surface area contributed by atoms with Crippen molar-refractivity contribution >= 4 is 29.9 Å². The van der Waals surface area contributed by atoms with Crippen LogP contribution in [-0.4, -0.2) is 59.9 Å². The van der Waals surface area contributed by atoms with Crippen molar-refractivity contribution in [3.8, 4) is 0 Å². The first-order valence-electron chi connectivity index (χ1n) is 9.42. The molecule has 0 spiro atoms. The molecule has 0 radical (unpaired) electrons. The van der Waals surface area contributed by atoms with Crippen LogP contribution in [-0.2, 0) is 13.5 Å². The molecule has 1 aromatic heterocycles. The number of hydrogen-bond acceptors (Lipinski definition) is 3. The number of rotatable bonds is 9. The van der Waals surface area contributed by atoms with E-state index in [4.69, 9.17) is 0 Å². The van der Waals surface area contributed by atoms with E-state index in [0.717, 1.165) is 37.6 Å². The van der Waals surface area contributed by atoms with E-state index < -0.39 is 0 Å². The fourth-order valence-corrected chi connectivity index (χ4v) is 2.85. The third-order valence-electron chi connectivity index (χ3n) is 4.89. The van der Waals surface area contributed by atoms with Crippen molar-refractivity contribution in [1.29, 1.82) is 0 Å². The van der Waals surface area contributed by atoms with Crippen molar-refractivity contribution in [2.75, 3.05) is 27.2 Å². The molecule has 0 aliphatic rings. The minimum atomic E-state index is 0. The molecule has 1 atom stereocenters. The van der Waals surface area contributed by atoms with Gasteiger partial charge in [-0.15, -0.1) is 24.0 Å². The molecule has 0 bridgehead atoms. The van der Waals surface area contributed by atoms with Gasteiger partial charge in [-0.1, -0.05) is 0 Å². The number of aryl methyl sites for hydroxylation is 2. The van der Waals surface area contributed by atoms with Crippen molar-refractivity contribution in [2.24, 2.45) is 12.0 Å².